The minimum atomic E-state index is -0.0903. The number of aliphatic hydroxyl groups is 1. The van der Waals surface area contributed by atoms with Crippen molar-refractivity contribution in [1.82, 2.24) is 4.90 Å². The number of allylic oxidation sites excluding steroid dienone is 2. The minimum absolute atomic E-state index is 0.0903. The van der Waals surface area contributed by atoms with Crippen molar-refractivity contribution in [3.8, 4) is 6.07 Å². The summed E-state index contributed by atoms with van der Waals surface area (Å²) in [4.78, 5) is 1.52. The molecule has 0 aliphatic rings. The van der Waals surface area contributed by atoms with Crippen LogP contribution < -0.4 is 0 Å². The van der Waals surface area contributed by atoms with E-state index >= 15 is 0 Å². The lowest BCUT2D eigenvalue weighted by Crippen LogP contribution is -2.11. The van der Waals surface area contributed by atoms with Crippen LogP contribution in [0.5, 0.6) is 0 Å². The lowest BCUT2D eigenvalue weighted by atomic mass is 10.3. The van der Waals surface area contributed by atoms with E-state index in [4.69, 9.17) is 10.4 Å². The standard InChI is InChI=1S/C7H10N2O/c1-4-7(10)6(5-8)9(2)3/h4,10H,1H2,2-3H3/b7-6-. The van der Waals surface area contributed by atoms with Crippen molar-refractivity contribution < 1.29 is 5.11 Å². The van der Waals surface area contributed by atoms with Gasteiger partial charge in [0.05, 0.1) is 0 Å². The molecular weight excluding hydrogens is 128 g/mol. The van der Waals surface area contributed by atoms with Crippen LogP contribution in [-0.2, 0) is 0 Å². The second kappa shape index (κ2) is 3.57. The minimum Gasteiger partial charge on any atom is -0.505 e. The molecule has 0 spiro atoms. The van der Waals surface area contributed by atoms with Crippen LogP contribution in [0.1, 0.15) is 0 Å². The molecule has 0 heterocycles. The number of aliphatic hydroxyl groups excluding tert-OH is 1. The van der Waals surface area contributed by atoms with Gasteiger partial charge in [0.2, 0.25) is 0 Å². The Balaban J connectivity index is 4.67. The van der Waals surface area contributed by atoms with E-state index in [0.29, 0.717) is 0 Å². The van der Waals surface area contributed by atoms with Gasteiger partial charge in [0, 0.05) is 14.1 Å². The molecule has 0 atom stereocenters. The maximum absolute atomic E-state index is 8.99. The van der Waals surface area contributed by atoms with Crippen LogP contribution in [0.15, 0.2) is 24.1 Å². The molecule has 10 heavy (non-hydrogen) atoms. The normalized spacial score (nSPS) is 11.3. The van der Waals surface area contributed by atoms with Crippen LogP contribution in [-0.4, -0.2) is 24.1 Å². The number of nitrogens with zero attached hydrogens (tertiary/aromatic N) is 2. The van der Waals surface area contributed by atoms with Gasteiger partial charge in [-0.05, 0) is 6.08 Å². The van der Waals surface area contributed by atoms with Crippen molar-refractivity contribution >= 4 is 0 Å². The predicted octanol–water partition coefficient (Wildman–Crippen LogP) is 1.03. The molecule has 0 bridgehead atoms. The summed E-state index contributed by atoms with van der Waals surface area (Å²) in [5.74, 6) is -0.0903. The molecule has 0 saturated carbocycles. The molecule has 0 aliphatic carbocycles. The van der Waals surface area contributed by atoms with E-state index in [-0.39, 0.29) is 11.5 Å². The highest BCUT2D eigenvalue weighted by molar-refractivity contribution is 5.27. The molecule has 0 fully saturated rings. The first-order valence-corrected chi connectivity index (χ1v) is 2.76. The highest BCUT2D eigenvalue weighted by Gasteiger charge is 2.01. The Morgan fingerprint density at radius 1 is 1.70 bits per heavy atom. The van der Waals surface area contributed by atoms with E-state index in [1.165, 1.54) is 11.0 Å². The third-order valence-electron chi connectivity index (χ3n) is 0.989. The molecule has 0 rings (SSSR count). The maximum Gasteiger partial charge on any atom is 0.157 e. The summed E-state index contributed by atoms with van der Waals surface area (Å²) in [7, 11) is 3.36. The zero-order valence-corrected chi connectivity index (χ0v) is 6.13. The highest BCUT2D eigenvalue weighted by atomic mass is 16.3. The molecular formula is C7H10N2O. The fourth-order valence-electron chi connectivity index (χ4n) is 0.483. The predicted molar refractivity (Wildman–Crippen MR) is 39.2 cm³/mol. The smallest absolute Gasteiger partial charge is 0.157 e. The summed E-state index contributed by atoms with van der Waals surface area (Å²) < 4.78 is 0. The molecule has 0 radical (unpaired) electrons. The molecule has 0 aromatic carbocycles. The number of hydrogen-bond acceptors (Lipinski definition) is 3. The maximum atomic E-state index is 8.99. The monoisotopic (exact) mass is 138 g/mol. The summed E-state index contributed by atoms with van der Waals surface area (Å²) in [6.07, 6.45) is 1.23. The van der Waals surface area contributed by atoms with Crippen molar-refractivity contribution in [3.05, 3.63) is 24.1 Å². The molecule has 0 aliphatic heterocycles. The molecule has 0 aromatic rings. The first kappa shape index (κ1) is 8.57. The largest absolute Gasteiger partial charge is 0.505 e. The van der Waals surface area contributed by atoms with Gasteiger partial charge in [-0.25, -0.2) is 0 Å². The van der Waals surface area contributed by atoms with Crippen LogP contribution in [0.3, 0.4) is 0 Å². The Morgan fingerprint density at radius 2 is 2.20 bits per heavy atom. The second-order valence-corrected chi connectivity index (χ2v) is 1.94. The Morgan fingerprint density at radius 3 is 2.30 bits per heavy atom. The van der Waals surface area contributed by atoms with E-state index in [1.54, 1.807) is 14.1 Å². The lowest BCUT2D eigenvalue weighted by molar-refractivity contribution is 0.396. The van der Waals surface area contributed by atoms with Crippen molar-refractivity contribution in [1.29, 1.82) is 5.26 Å². The third-order valence-corrected chi connectivity index (χ3v) is 0.989. The van der Waals surface area contributed by atoms with Crippen LogP contribution in [0, 0.1) is 11.3 Å². The summed E-state index contributed by atoms with van der Waals surface area (Å²) in [5.41, 5.74) is 0.218. The van der Waals surface area contributed by atoms with E-state index < -0.39 is 0 Å². The van der Waals surface area contributed by atoms with Gasteiger partial charge >= 0.3 is 0 Å². The van der Waals surface area contributed by atoms with Crippen LogP contribution in [0.4, 0.5) is 0 Å². The van der Waals surface area contributed by atoms with Crippen LogP contribution in [0.25, 0.3) is 0 Å². The first-order chi connectivity index (χ1) is 4.63. The van der Waals surface area contributed by atoms with Gasteiger partial charge in [-0.2, -0.15) is 5.26 Å². The van der Waals surface area contributed by atoms with E-state index in [1.807, 2.05) is 6.07 Å². The zero-order valence-electron chi connectivity index (χ0n) is 6.13. The van der Waals surface area contributed by atoms with Gasteiger partial charge in [0.15, 0.2) is 5.70 Å². The fraction of sp³-hybridized carbons (Fsp3) is 0.286. The highest BCUT2D eigenvalue weighted by Crippen LogP contribution is 2.02. The molecule has 1 N–H and O–H groups in total. The van der Waals surface area contributed by atoms with E-state index in [9.17, 15) is 0 Å². The number of hydrogen-bond donors (Lipinski definition) is 1. The summed E-state index contributed by atoms with van der Waals surface area (Å²) >= 11 is 0. The molecule has 0 unspecified atom stereocenters. The van der Waals surface area contributed by atoms with Crippen molar-refractivity contribution in [2.24, 2.45) is 0 Å². The summed E-state index contributed by atoms with van der Waals surface area (Å²) in [6, 6.07) is 1.84. The van der Waals surface area contributed by atoms with Crippen LogP contribution >= 0.6 is 0 Å². The summed E-state index contributed by atoms with van der Waals surface area (Å²) in [6.45, 7) is 3.33. The molecule has 0 amide bonds. The number of nitriles is 1. The van der Waals surface area contributed by atoms with E-state index in [2.05, 4.69) is 6.58 Å². The molecule has 3 heteroatoms. The van der Waals surface area contributed by atoms with Gasteiger partial charge in [-0.1, -0.05) is 6.58 Å². The Kier molecular flexibility index (Phi) is 3.06. The van der Waals surface area contributed by atoms with E-state index in [0.717, 1.165) is 0 Å². The average Bonchev–Trinajstić information content (AvgIpc) is 1.88. The van der Waals surface area contributed by atoms with Gasteiger partial charge in [-0.15, -0.1) is 0 Å². The first-order valence-electron chi connectivity index (χ1n) is 2.76. The van der Waals surface area contributed by atoms with Gasteiger partial charge < -0.3 is 10.0 Å². The Bertz CT molecular complexity index is 198. The van der Waals surface area contributed by atoms with Crippen molar-refractivity contribution in [2.75, 3.05) is 14.1 Å². The fourth-order valence-corrected chi connectivity index (χ4v) is 0.483. The SMILES string of the molecule is C=C/C(O)=C(\C#N)N(C)C. The molecule has 0 saturated heterocycles. The Labute approximate surface area is 60.5 Å². The third kappa shape index (κ3) is 1.82. The van der Waals surface area contributed by atoms with Gasteiger partial charge in [-0.3, -0.25) is 0 Å². The zero-order chi connectivity index (χ0) is 8.15. The quantitative estimate of drug-likeness (QED) is 0.352. The second-order valence-electron chi connectivity index (χ2n) is 1.94. The van der Waals surface area contributed by atoms with Gasteiger partial charge in [0.25, 0.3) is 0 Å². The van der Waals surface area contributed by atoms with Crippen LogP contribution in [0.2, 0.25) is 0 Å². The average molecular weight is 138 g/mol. The lowest BCUT2D eigenvalue weighted by Gasteiger charge is -2.09. The Hall–Kier alpha value is -1.43. The molecule has 54 valence electrons. The van der Waals surface area contributed by atoms with Crippen molar-refractivity contribution in [2.45, 2.75) is 0 Å². The van der Waals surface area contributed by atoms with Crippen molar-refractivity contribution in [3.63, 3.8) is 0 Å². The van der Waals surface area contributed by atoms with Gasteiger partial charge in [0.1, 0.15) is 11.8 Å². The topological polar surface area (TPSA) is 47.3 Å². The molecule has 0 aromatic heterocycles. The summed E-state index contributed by atoms with van der Waals surface area (Å²) in [5, 5.41) is 17.4. The molecule has 3 nitrogen and oxygen atoms in total. The number of rotatable bonds is 2.